The highest BCUT2D eigenvalue weighted by Crippen LogP contribution is 2.32. The van der Waals surface area contributed by atoms with Crippen molar-refractivity contribution in [3.05, 3.63) is 19.2 Å². The van der Waals surface area contributed by atoms with Crippen LogP contribution in [-0.2, 0) is 6.54 Å². The normalized spacial score (nSPS) is 25.1. The monoisotopic (exact) mass is 379 g/mol. The molecule has 0 atom stereocenters. The molecule has 0 spiro atoms. The molecule has 1 aliphatic carbocycles. The highest BCUT2D eigenvalue weighted by atomic mass is 79.9. The fraction of sp³-hybridized carbons (Fsp3) is 0.692. The first-order valence-corrected chi connectivity index (χ1v) is 8.70. The van der Waals surface area contributed by atoms with E-state index in [1.807, 2.05) is 11.3 Å². The number of hydrogen-bond acceptors (Lipinski definition) is 2. The van der Waals surface area contributed by atoms with Gasteiger partial charge in [-0.05, 0) is 69.1 Å². The molecule has 4 heteroatoms. The van der Waals surface area contributed by atoms with E-state index < -0.39 is 0 Å². The highest BCUT2D eigenvalue weighted by Gasteiger charge is 2.17. The van der Waals surface area contributed by atoms with E-state index in [9.17, 15) is 0 Å². The van der Waals surface area contributed by atoms with Gasteiger partial charge in [-0.25, -0.2) is 0 Å². The maximum atomic E-state index is 3.60. The molecule has 1 N–H and O–H groups in total. The molecule has 1 nitrogen and oxygen atoms in total. The quantitative estimate of drug-likeness (QED) is 0.757. The van der Waals surface area contributed by atoms with Gasteiger partial charge in [0.1, 0.15) is 0 Å². The Morgan fingerprint density at radius 1 is 1.29 bits per heavy atom. The number of hydrogen-bond donors (Lipinski definition) is 1. The lowest BCUT2D eigenvalue weighted by Crippen LogP contribution is -2.25. The first-order chi connectivity index (χ1) is 8.15. The molecule has 0 radical (unpaired) electrons. The van der Waals surface area contributed by atoms with Gasteiger partial charge < -0.3 is 5.32 Å². The predicted molar refractivity (Wildman–Crippen MR) is 82.5 cm³/mol. The smallest absolute Gasteiger partial charge is 0.0843 e. The predicted octanol–water partition coefficient (Wildman–Crippen LogP) is 5.19. The molecular formula is C13H19Br2NS. The number of nitrogens with one attached hydrogen (secondary N) is 1. The minimum Gasteiger partial charge on any atom is -0.312 e. The van der Waals surface area contributed by atoms with Gasteiger partial charge in [-0.15, -0.1) is 11.3 Å². The highest BCUT2D eigenvalue weighted by molar-refractivity contribution is 9.13. The molecular weight excluding hydrogens is 362 g/mol. The summed E-state index contributed by atoms with van der Waals surface area (Å²) in [6.45, 7) is 4.56. The van der Waals surface area contributed by atoms with Gasteiger partial charge in [-0.2, -0.15) is 0 Å². The Bertz CT molecular complexity index is 337. The zero-order valence-electron chi connectivity index (χ0n) is 10.1. The topological polar surface area (TPSA) is 12.0 Å². The summed E-state index contributed by atoms with van der Waals surface area (Å²) in [6.07, 6.45) is 5.66. The summed E-state index contributed by atoms with van der Waals surface area (Å²) in [6, 6.07) is 2.20. The summed E-state index contributed by atoms with van der Waals surface area (Å²) in [4.78, 5) is 1.40. The third-order valence-corrected chi connectivity index (χ3v) is 6.82. The third-order valence-electron chi connectivity index (χ3n) is 3.56. The molecule has 0 unspecified atom stereocenters. The second kappa shape index (κ2) is 6.69. The van der Waals surface area contributed by atoms with Crippen LogP contribution in [0.3, 0.4) is 0 Å². The van der Waals surface area contributed by atoms with Gasteiger partial charge in [0.25, 0.3) is 0 Å². The van der Waals surface area contributed by atoms with Gasteiger partial charge >= 0.3 is 0 Å². The van der Waals surface area contributed by atoms with E-state index >= 15 is 0 Å². The van der Waals surface area contributed by atoms with Crippen molar-refractivity contribution in [1.82, 2.24) is 5.32 Å². The van der Waals surface area contributed by atoms with Gasteiger partial charge in [0.2, 0.25) is 0 Å². The van der Waals surface area contributed by atoms with Crippen LogP contribution in [0.2, 0.25) is 0 Å². The summed E-state index contributed by atoms with van der Waals surface area (Å²) in [5, 5.41) is 3.60. The Hall–Kier alpha value is 0.620. The first kappa shape index (κ1) is 14.0. The molecule has 1 aromatic rings. The number of rotatable bonds is 4. The summed E-state index contributed by atoms with van der Waals surface area (Å²) < 4.78 is 2.37. The molecule has 1 aromatic heterocycles. The van der Waals surface area contributed by atoms with Crippen LogP contribution in [0.5, 0.6) is 0 Å². The summed E-state index contributed by atoms with van der Waals surface area (Å²) in [5.41, 5.74) is 0. The van der Waals surface area contributed by atoms with Crippen molar-refractivity contribution in [2.45, 2.75) is 39.2 Å². The standard InChI is InChI=1S/C13H19Br2NS/c1-9-2-4-10(5-3-9)7-16-8-11-6-12(14)13(15)17-11/h6,9-10,16H,2-5,7-8H2,1H3. The van der Waals surface area contributed by atoms with Crippen LogP contribution in [0.1, 0.15) is 37.5 Å². The van der Waals surface area contributed by atoms with Crippen molar-refractivity contribution in [3.63, 3.8) is 0 Å². The molecule has 2 rings (SSSR count). The average molecular weight is 381 g/mol. The molecule has 0 aromatic carbocycles. The first-order valence-electron chi connectivity index (χ1n) is 6.29. The van der Waals surface area contributed by atoms with E-state index in [0.717, 1.165) is 18.4 Å². The van der Waals surface area contributed by atoms with Crippen LogP contribution in [0.25, 0.3) is 0 Å². The molecule has 0 aliphatic heterocycles. The van der Waals surface area contributed by atoms with Crippen LogP contribution in [-0.4, -0.2) is 6.54 Å². The van der Waals surface area contributed by atoms with Crippen LogP contribution in [0.4, 0.5) is 0 Å². The number of thiophene rings is 1. The van der Waals surface area contributed by atoms with Crippen LogP contribution < -0.4 is 5.32 Å². The molecule has 0 amide bonds. The van der Waals surface area contributed by atoms with E-state index in [2.05, 4.69) is 50.2 Å². The zero-order chi connectivity index (χ0) is 12.3. The maximum absolute atomic E-state index is 3.60. The van der Waals surface area contributed by atoms with E-state index in [-0.39, 0.29) is 0 Å². The largest absolute Gasteiger partial charge is 0.312 e. The van der Waals surface area contributed by atoms with Crippen LogP contribution in [0.15, 0.2) is 14.3 Å². The van der Waals surface area contributed by atoms with Crippen molar-refractivity contribution < 1.29 is 0 Å². The average Bonchev–Trinajstić information content (AvgIpc) is 2.61. The van der Waals surface area contributed by atoms with Gasteiger partial charge in [-0.3, -0.25) is 0 Å². The molecule has 1 saturated carbocycles. The minimum absolute atomic E-state index is 0.901. The molecule has 0 bridgehead atoms. The molecule has 1 aliphatic rings. The minimum atomic E-state index is 0.901. The summed E-state index contributed by atoms with van der Waals surface area (Å²) in [7, 11) is 0. The van der Waals surface area contributed by atoms with E-state index in [1.165, 1.54) is 45.4 Å². The molecule has 17 heavy (non-hydrogen) atoms. The Morgan fingerprint density at radius 2 is 2.00 bits per heavy atom. The Kier molecular flexibility index (Phi) is 5.52. The molecule has 1 heterocycles. The maximum Gasteiger partial charge on any atom is 0.0843 e. The Labute approximate surface area is 125 Å². The SMILES string of the molecule is CC1CCC(CNCc2cc(Br)c(Br)s2)CC1. The van der Waals surface area contributed by atoms with E-state index in [4.69, 9.17) is 0 Å². The third kappa shape index (κ3) is 4.34. The zero-order valence-corrected chi connectivity index (χ0v) is 14.1. The van der Waals surface area contributed by atoms with Crippen molar-refractivity contribution in [2.24, 2.45) is 11.8 Å². The lowest BCUT2D eigenvalue weighted by atomic mass is 9.83. The lowest BCUT2D eigenvalue weighted by Gasteiger charge is -2.26. The Morgan fingerprint density at radius 3 is 2.59 bits per heavy atom. The fourth-order valence-corrected chi connectivity index (χ4v) is 4.56. The van der Waals surface area contributed by atoms with Crippen molar-refractivity contribution in [2.75, 3.05) is 6.54 Å². The van der Waals surface area contributed by atoms with Gasteiger partial charge in [0, 0.05) is 15.9 Å². The van der Waals surface area contributed by atoms with E-state index in [1.54, 1.807) is 0 Å². The second-order valence-electron chi connectivity index (χ2n) is 5.09. The van der Waals surface area contributed by atoms with Crippen LogP contribution in [0, 0.1) is 11.8 Å². The Balaban J connectivity index is 1.69. The molecule has 1 fully saturated rings. The summed E-state index contributed by atoms with van der Waals surface area (Å²) >= 11 is 8.87. The van der Waals surface area contributed by atoms with Crippen LogP contribution >= 0.6 is 43.2 Å². The van der Waals surface area contributed by atoms with Crippen molar-refractivity contribution in [3.8, 4) is 0 Å². The van der Waals surface area contributed by atoms with Gasteiger partial charge in [0.05, 0.1) is 3.79 Å². The number of halogens is 2. The summed E-state index contributed by atoms with van der Waals surface area (Å²) in [5.74, 6) is 1.86. The van der Waals surface area contributed by atoms with Crippen molar-refractivity contribution in [1.29, 1.82) is 0 Å². The van der Waals surface area contributed by atoms with Gasteiger partial charge in [-0.1, -0.05) is 19.8 Å². The lowest BCUT2D eigenvalue weighted by molar-refractivity contribution is 0.281. The fourth-order valence-electron chi connectivity index (χ4n) is 2.41. The van der Waals surface area contributed by atoms with E-state index in [0.29, 0.717) is 0 Å². The second-order valence-corrected chi connectivity index (χ2v) is 8.40. The van der Waals surface area contributed by atoms with Crippen molar-refractivity contribution >= 4 is 43.2 Å². The van der Waals surface area contributed by atoms with Gasteiger partial charge in [0.15, 0.2) is 0 Å². The molecule has 96 valence electrons. The molecule has 0 saturated heterocycles.